The predicted octanol–water partition coefficient (Wildman–Crippen LogP) is 8.89. The van der Waals surface area contributed by atoms with Crippen LogP contribution < -0.4 is 9.80 Å². The van der Waals surface area contributed by atoms with E-state index in [1.165, 1.54) is 5.56 Å². The minimum Gasteiger partial charge on any atom is -0.378 e. The summed E-state index contributed by atoms with van der Waals surface area (Å²) in [6.45, 7) is 17.7. The molecule has 16 nitrogen and oxygen atoms in total. The van der Waals surface area contributed by atoms with Crippen molar-refractivity contribution in [1.29, 1.82) is 0 Å². The van der Waals surface area contributed by atoms with E-state index in [0.29, 0.717) is 13.2 Å². The van der Waals surface area contributed by atoms with Crippen molar-refractivity contribution in [2.45, 2.75) is 27.3 Å². The van der Waals surface area contributed by atoms with E-state index in [9.17, 15) is 0 Å². The van der Waals surface area contributed by atoms with Crippen LogP contribution in [0.5, 0.6) is 0 Å². The number of nitrogens with one attached hydrogen (secondary N) is 4. The SMILES string of the molecule is C=C/C=C\C(=C/C)c1ccc2[nH]nc(-c3nc4c(N5CCOCC5)cncc4[nH]3)c2c1.CC.CN(C)Cc1cncc(-c2ccc3[nH]nc(-c4nc5c(N6CCN(C)CC6)cncc5[nH]4)c3c2)c1. The second-order valence-corrected chi connectivity index (χ2v) is 17.0. The summed E-state index contributed by atoms with van der Waals surface area (Å²) in [6, 6.07) is 14.8. The number of aromatic nitrogens is 11. The zero-order chi connectivity index (χ0) is 47.1. The van der Waals surface area contributed by atoms with E-state index >= 15 is 0 Å². The van der Waals surface area contributed by atoms with Crippen molar-refractivity contribution in [3.8, 4) is 34.2 Å². The molecule has 2 fully saturated rings. The van der Waals surface area contributed by atoms with Gasteiger partial charge in [-0.3, -0.25) is 25.1 Å². The van der Waals surface area contributed by atoms with E-state index in [4.69, 9.17) is 14.7 Å². The number of piperazine rings is 1. The first-order valence-corrected chi connectivity index (χ1v) is 23.3. The lowest BCUT2D eigenvalue weighted by Gasteiger charge is -2.33. The molecule has 16 heteroatoms. The molecule has 0 radical (unpaired) electrons. The van der Waals surface area contributed by atoms with Gasteiger partial charge in [0.05, 0.1) is 71.4 Å². The summed E-state index contributed by atoms with van der Waals surface area (Å²) >= 11 is 0. The number of morpholine rings is 1. The van der Waals surface area contributed by atoms with Crippen LogP contribution in [0, 0.1) is 0 Å². The van der Waals surface area contributed by atoms with Crippen LogP contribution in [-0.4, -0.2) is 139 Å². The van der Waals surface area contributed by atoms with Gasteiger partial charge in [0, 0.05) is 74.5 Å². The zero-order valence-electron chi connectivity index (χ0n) is 39.7. The summed E-state index contributed by atoms with van der Waals surface area (Å²) in [4.78, 5) is 39.3. The molecule has 2 aliphatic rings. The van der Waals surface area contributed by atoms with Crippen molar-refractivity contribution in [3.05, 3.63) is 122 Å². The highest BCUT2D eigenvalue weighted by Gasteiger charge is 2.22. The molecular weight excluding hydrogens is 851 g/mol. The van der Waals surface area contributed by atoms with Crippen LogP contribution in [0.1, 0.15) is 31.9 Å². The number of aromatic amines is 4. The van der Waals surface area contributed by atoms with E-state index in [2.05, 4.69) is 147 Å². The highest BCUT2D eigenvalue weighted by Crippen LogP contribution is 2.34. The Bertz CT molecular complexity index is 3230. The average molecular weight is 910 g/mol. The van der Waals surface area contributed by atoms with Gasteiger partial charge in [0.25, 0.3) is 0 Å². The third kappa shape index (κ3) is 9.51. The Kier molecular flexibility index (Phi) is 13.8. The molecule has 9 aromatic rings. The van der Waals surface area contributed by atoms with Crippen molar-refractivity contribution < 1.29 is 4.74 Å². The third-order valence-electron chi connectivity index (χ3n) is 12.2. The average Bonchev–Trinajstić information content (AvgIpc) is 4.20. The maximum atomic E-state index is 5.49. The summed E-state index contributed by atoms with van der Waals surface area (Å²) in [6.07, 6.45) is 19.1. The van der Waals surface area contributed by atoms with Gasteiger partial charge in [-0.15, -0.1) is 0 Å². The van der Waals surface area contributed by atoms with Gasteiger partial charge in [-0.1, -0.05) is 56.9 Å². The number of fused-ring (bicyclic) bond motifs is 4. The third-order valence-corrected chi connectivity index (χ3v) is 12.2. The molecule has 0 atom stereocenters. The van der Waals surface area contributed by atoms with Gasteiger partial charge in [-0.05, 0) is 80.7 Å². The van der Waals surface area contributed by atoms with Crippen LogP contribution in [-0.2, 0) is 11.3 Å². The molecule has 7 aromatic heterocycles. The number of nitrogens with zero attached hydrogens (tertiary/aromatic N) is 11. The van der Waals surface area contributed by atoms with E-state index in [0.717, 1.165) is 146 Å². The number of likely N-dealkylation sites (N-methyl/N-ethyl adjacent to an activating group) is 1. The maximum absolute atomic E-state index is 5.49. The normalized spacial score (nSPS) is 14.8. The highest BCUT2D eigenvalue weighted by molar-refractivity contribution is 5.99. The van der Waals surface area contributed by atoms with Crippen LogP contribution in [0.15, 0.2) is 111 Å². The fourth-order valence-electron chi connectivity index (χ4n) is 8.75. The Hall–Kier alpha value is -7.53. The van der Waals surface area contributed by atoms with Gasteiger partial charge in [0.15, 0.2) is 11.6 Å². The van der Waals surface area contributed by atoms with Crippen LogP contribution in [0.2, 0.25) is 0 Å². The van der Waals surface area contributed by atoms with Crippen molar-refractivity contribution in [2.75, 3.05) is 83.4 Å². The fourth-order valence-corrected chi connectivity index (χ4v) is 8.75. The minimum absolute atomic E-state index is 0.716. The Balaban J connectivity index is 0.000000165. The minimum atomic E-state index is 0.716. The number of ether oxygens (including phenoxy) is 1. The second kappa shape index (κ2) is 20.5. The number of pyridine rings is 3. The summed E-state index contributed by atoms with van der Waals surface area (Å²) in [5.41, 5.74) is 14.9. The first-order chi connectivity index (χ1) is 33.3. The number of benzene rings is 2. The number of H-pyrrole nitrogens is 4. The molecule has 0 saturated carbocycles. The van der Waals surface area contributed by atoms with Gasteiger partial charge in [-0.25, -0.2) is 9.97 Å². The van der Waals surface area contributed by atoms with Gasteiger partial charge >= 0.3 is 0 Å². The Morgan fingerprint density at radius 3 is 1.88 bits per heavy atom. The molecule has 0 bridgehead atoms. The molecule has 68 heavy (non-hydrogen) atoms. The molecule has 2 saturated heterocycles. The van der Waals surface area contributed by atoms with E-state index < -0.39 is 0 Å². The summed E-state index contributed by atoms with van der Waals surface area (Å²) < 4.78 is 5.49. The van der Waals surface area contributed by atoms with Gasteiger partial charge < -0.3 is 34.3 Å². The number of anilines is 2. The number of hydrogen-bond acceptors (Lipinski definition) is 12. The van der Waals surface area contributed by atoms with Crippen LogP contribution in [0.4, 0.5) is 11.4 Å². The quantitative estimate of drug-likeness (QED) is 0.0961. The number of rotatable bonds is 10. The van der Waals surface area contributed by atoms with Gasteiger partial charge in [0.1, 0.15) is 22.4 Å². The Morgan fingerprint density at radius 1 is 0.691 bits per heavy atom. The summed E-state index contributed by atoms with van der Waals surface area (Å²) in [5, 5.41) is 17.5. The number of imidazole rings is 2. The molecular formula is C52H59N15O. The molecule has 11 rings (SSSR count). The van der Waals surface area contributed by atoms with Crippen LogP contribution >= 0.6 is 0 Å². The monoisotopic (exact) mass is 910 g/mol. The smallest absolute Gasteiger partial charge is 0.159 e. The lowest BCUT2D eigenvalue weighted by Crippen LogP contribution is -2.44. The molecule has 0 unspecified atom stereocenters. The molecule has 0 amide bonds. The maximum Gasteiger partial charge on any atom is 0.159 e. The molecule has 2 aliphatic heterocycles. The Morgan fingerprint density at radius 2 is 1.28 bits per heavy atom. The first-order valence-electron chi connectivity index (χ1n) is 23.3. The Labute approximate surface area is 395 Å². The molecule has 348 valence electrons. The lowest BCUT2D eigenvalue weighted by molar-refractivity contribution is 0.123. The lowest BCUT2D eigenvalue weighted by atomic mass is 10.0. The van der Waals surface area contributed by atoms with Crippen molar-refractivity contribution >= 4 is 60.8 Å². The van der Waals surface area contributed by atoms with Gasteiger partial charge in [-0.2, -0.15) is 10.2 Å². The van der Waals surface area contributed by atoms with Crippen LogP contribution in [0.25, 0.3) is 83.6 Å². The highest BCUT2D eigenvalue weighted by atomic mass is 16.5. The molecule has 0 aliphatic carbocycles. The van der Waals surface area contributed by atoms with E-state index in [-0.39, 0.29) is 0 Å². The number of hydrogen-bond donors (Lipinski definition) is 4. The topological polar surface area (TPSA) is 176 Å². The zero-order valence-corrected chi connectivity index (χ0v) is 39.7. The van der Waals surface area contributed by atoms with Crippen molar-refractivity contribution in [2.24, 2.45) is 0 Å². The molecule has 9 heterocycles. The molecule has 0 spiro atoms. The first kappa shape index (κ1) is 45.6. The van der Waals surface area contributed by atoms with E-state index in [1.54, 1.807) is 6.08 Å². The largest absolute Gasteiger partial charge is 0.378 e. The number of allylic oxidation sites excluding steroid dienone is 5. The summed E-state index contributed by atoms with van der Waals surface area (Å²) in [5.74, 6) is 1.47. The van der Waals surface area contributed by atoms with Gasteiger partial charge in [0.2, 0.25) is 0 Å². The molecule has 2 aromatic carbocycles. The van der Waals surface area contributed by atoms with E-state index in [1.807, 2.05) is 64.0 Å². The fraction of sp³-hybridized carbons (Fsp3) is 0.288. The standard InChI is InChI=1S/C26H29N9.C24H24N6O.C2H6/c1-33(2)16-17-10-19(13-27-12-17)18-4-5-21-20(11-18)24(32-31-21)26-29-22-14-28-15-23(25(22)30-26)35-8-6-34(3)7-9-35;1-3-5-6-16(4-2)17-7-8-19-18(13-17)22(29-28-19)24-26-20-14-25-15-21(23(20)27-24)30-9-11-31-12-10-30;1-2/h4-5,10-15H,6-9,16H2,1-3H3,(H,29,30)(H,31,32);3-8,13-15H,1,9-12H2,2H3,(H,26,27)(H,28,29);1-2H3/b;6-5-,16-4+;. The second-order valence-electron chi connectivity index (χ2n) is 17.0. The molecule has 4 N–H and O–H groups in total. The van der Waals surface area contributed by atoms with Crippen LogP contribution in [0.3, 0.4) is 0 Å². The van der Waals surface area contributed by atoms with Crippen molar-refractivity contribution in [1.82, 2.24) is 65.1 Å². The van der Waals surface area contributed by atoms with Crippen molar-refractivity contribution in [3.63, 3.8) is 0 Å². The summed E-state index contributed by atoms with van der Waals surface area (Å²) in [7, 11) is 6.29. The predicted molar refractivity (Wildman–Crippen MR) is 276 cm³/mol.